The summed E-state index contributed by atoms with van der Waals surface area (Å²) in [4.78, 5) is 10.7. The standard InChI is InChI=1S/C12H9NO3/c1-7-8(2)16-13-11(7)9-3-5-10(6-4-9)12(14)15/h3-6H,1-2H2,(H,14,15). The number of hydrogen-bond donors (Lipinski definition) is 1. The highest BCUT2D eigenvalue weighted by Gasteiger charge is 2.06. The summed E-state index contributed by atoms with van der Waals surface area (Å²) >= 11 is 0. The minimum Gasteiger partial charge on any atom is -0.478 e. The Balaban J connectivity index is 2.50. The van der Waals surface area contributed by atoms with Crippen LogP contribution in [0.1, 0.15) is 10.4 Å². The first-order valence-electron chi connectivity index (χ1n) is 4.57. The Morgan fingerprint density at radius 2 is 1.88 bits per heavy atom. The molecule has 1 aromatic heterocycles. The van der Waals surface area contributed by atoms with Gasteiger partial charge >= 0.3 is 5.97 Å². The van der Waals surface area contributed by atoms with Crippen molar-refractivity contribution in [3.63, 3.8) is 0 Å². The second-order valence-corrected chi connectivity index (χ2v) is 3.32. The van der Waals surface area contributed by atoms with Crippen LogP contribution in [0.3, 0.4) is 0 Å². The lowest BCUT2D eigenvalue weighted by Crippen LogP contribution is -2.17. The molecule has 0 spiro atoms. The van der Waals surface area contributed by atoms with Gasteiger partial charge in [0.2, 0.25) is 0 Å². The quantitative estimate of drug-likeness (QED) is 0.807. The first kappa shape index (κ1) is 10.2. The van der Waals surface area contributed by atoms with Gasteiger partial charge in [0.15, 0.2) is 5.42 Å². The van der Waals surface area contributed by atoms with Crippen molar-refractivity contribution < 1.29 is 14.4 Å². The van der Waals surface area contributed by atoms with E-state index in [0.29, 0.717) is 16.3 Å². The minimum atomic E-state index is -0.959. The smallest absolute Gasteiger partial charge is 0.335 e. The van der Waals surface area contributed by atoms with Crippen molar-refractivity contribution in [2.24, 2.45) is 0 Å². The van der Waals surface area contributed by atoms with E-state index in [0.717, 1.165) is 5.56 Å². The molecule has 0 unspecified atom stereocenters. The van der Waals surface area contributed by atoms with Crippen molar-refractivity contribution in [3.05, 3.63) is 40.5 Å². The number of hydrogen-bond acceptors (Lipinski definition) is 3. The Labute approximate surface area is 91.1 Å². The number of carboxylic acid groups (broad SMARTS) is 1. The Morgan fingerprint density at radius 1 is 1.25 bits per heavy atom. The van der Waals surface area contributed by atoms with E-state index in [1.165, 1.54) is 12.1 Å². The lowest BCUT2D eigenvalue weighted by Gasteiger charge is -1.96. The number of benzene rings is 1. The second-order valence-electron chi connectivity index (χ2n) is 3.32. The van der Waals surface area contributed by atoms with E-state index in [9.17, 15) is 4.79 Å². The van der Waals surface area contributed by atoms with E-state index in [-0.39, 0.29) is 5.56 Å². The van der Waals surface area contributed by atoms with Gasteiger partial charge in [0.25, 0.3) is 0 Å². The van der Waals surface area contributed by atoms with Crippen LogP contribution in [-0.2, 0) is 0 Å². The van der Waals surface area contributed by atoms with Crippen molar-refractivity contribution in [2.75, 3.05) is 0 Å². The molecule has 1 heterocycles. The Kier molecular flexibility index (Phi) is 2.32. The van der Waals surface area contributed by atoms with Crippen molar-refractivity contribution >= 4 is 19.1 Å². The topological polar surface area (TPSA) is 63.3 Å². The Bertz CT molecular complexity index is 625. The molecule has 80 valence electrons. The van der Waals surface area contributed by atoms with Gasteiger partial charge in [-0.15, -0.1) is 0 Å². The molecule has 0 saturated carbocycles. The van der Waals surface area contributed by atoms with Crippen LogP contribution in [0, 0.1) is 0 Å². The van der Waals surface area contributed by atoms with Gasteiger partial charge in [-0.3, -0.25) is 0 Å². The first-order chi connectivity index (χ1) is 7.59. The SMILES string of the molecule is C=c1onc(-c2ccc(C(=O)O)cc2)c1=C. The number of aromatic nitrogens is 1. The summed E-state index contributed by atoms with van der Waals surface area (Å²) in [7, 11) is 0. The highest BCUT2D eigenvalue weighted by molar-refractivity contribution is 5.88. The number of carboxylic acids is 1. The predicted octanol–water partition coefficient (Wildman–Crippen LogP) is 0.860. The molecule has 0 saturated heterocycles. The lowest BCUT2D eigenvalue weighted by molar-refractivity contribution is 0.0697. The fourth-order valence-electron chi connectivity index (χ4n) is 1.34. The van der Waals surface area contributed by atoms with E-state index in [1.54, 1.807) is 12.1 Å². The average molecular weight is 215 g/mol. The molecular formula is C12H9NO3. The molecule has 0 aliphatic heterocycles. The predicted molar refractivity (Wildman–Crippen MR) is 59.2 cm³/mol. The van der Waals surface area contributed by atoms with E-state index < -0.39 is 5.97 Å². The molecule has 4 nitrogen and oxygen atoms in total. The van der Waals surface area contributed by atoms with Crippen LogP contribution >= 0.6 is 0 Å². The van der Waals surface area contributed by atoms with Gasteiger partial charge in [-0.05, 0) is 12.1 Å². The van der Waals surface area contributed by atoms with Crippen molar-refractivity contribution in [2.45, 2.75) is 0 Å². The maximum atomic E-state index is 10.7. The summed E-state index contributed by atoms with van der Waals surface area (Å²) < 4.78 is 4.89. The summed E-state index contributed by atoms with van der Waals surface area (Å²) in [5.41, 5.74) is 1.99. The van der Waals surface area contributed by atoms with Gasteiger partial charge in [-0.1, -0.05) is 30.4 Å². The van der Waals surface area contributed by atoms with Gasteiger partial charge in [0, 0.05) is 10.8 Å². The van der Waals surface area contributed by atoms with Crippen LogP contribution in [0.15, 0.2) is 28.8 Å². The maximum absolute atomic E-state index is 10.7. The summed E-state index contributed by atoms with van der Waals surface area (Å²) in [5, 5.41) is 13.2. The molecule has 2 aromatic rings. The molecule has 1 aromatic carbocycles. The molecular weight excluding hydrogens is 206 g/mol. The molecule has 0 bridgehead atoms. The molecule has 0 amide bonds. The van der Waals surface area contributed by atoms with Gasteiger partial charge in [-0.2, -0.15) is 0 Å². The van der Waals surface area contributed by atoms with Crippen LogP contribution in [0.2, 0.25) is 0 Å². The number of rotatable bonds is 2. The molecule has 0 aliphatic carbocycles. The monoisotopic (exact) mass is 215 g/mol. The Hall–Kier alpha value is -2.36. The molecule has 0 aliphatic rings. The zero-order valence-corrected chi connectivity index (χ0v) is 8.43. The highest BCUT2D eigenvalue weighted by atomic mass is 16.5. The molecule has 16 heavy (non-hydrogen) atoms. The van der Waals surface area contributed by atoms with Crippen LogP contribution < -0.4 is 10.6 Å². The van der Waals surface area contributed by atoms with E-state index >= 15 is 0 Å². The van der Waals surface area contributed by atoms with Gasteiger partial charge in [0.1, 0.15) is 5.69 Å². The third-order valence-electron chi connectivity index (χ3n) is 2.27. The second kappa shape index (κ2) is 3.66. The van der Waals surface area contributed by atoms with Crippen LogP contribution in [0.5, 0.6) is 0 Å². The summed E-state index contributed by atoms with van der Waals surface area (Å²) in [5.74, 6) is -0.959. The maximum Gasteiger partial charge on any atom is 0.335 e. The van der Waals surface area contributed by atoms with Crippen LogP contribution in [0.25, 0.3) is 24.4 Å². The molecule has 0 radical (unpaired) electrons. The molecule has 1 N–H and O–H groups in total. The van der Waals surface area contributed by atoms with Crippen molar-refractivity contribution in [1.29, 1.82) is 0 Å². The van der Waals surface area contributed by atoms with Gasteiger partial charge in [-0.25, -0.2) is 4.79 Å². The average Bonchev–Trinajstić information content (AvgIpc) is 2.60. The first-order valence-corrected chi connectivity index (χ1v) is 4.57. The third kappa shape index (κ3) is 1.61. The number of carbonyl (C=O) groups is 1. The fraction of sp³-hybridized carbons (Fsp3) is 0. The normalized spacial score (nSPS) is 10.2. The van der Waals surface area contributed by atoms with Crippen molar-refractivity contribution in [1.82, 2.24) is 5.16 Å². The van der Waals surface area contributed by atoms with Crippen LogP contribution in [-0.4, -0.2) is 16.2 Å². The largest absolute Gasteiger partial charge is 0.478 e. The molecule has 0 fully saturated rings. The number of nitrogens with zero attached hydrogens (tertiary/aromatic N) is 1. The molecule has 2 rings (SSSR count). The lowest BCUT2D eigenvalue weighted by atomic mass is 10.1. The fourth-order valence-corrected chi connectivity index (χ4v) is 1.34. The van der Waals surface area contributed by atoms with E-state index in [2.05, 4.69) is 18.3 Å². The van der Waals surface area contributed by atoms with Crippen LogP contribution in [0.4, 0.5) is 0 Å². The zero-order valence-electron chi connectivity index (χ0n) is 8.43. The summed E-state index contributed by atoms with van der Waals surface area (Å²) in [6.45, 7) is 7.41. The zero-order chi connectivity index (χ0) is 11.7. The van der Waals surface area contributed by atoms with Gasteiger partial charge in [0.05, 0.1) is 5.56 Å². The summed E-state index contributed by atoms with van der Waals surface area (Å²) in [6.07, 6.45) is 0. The van der Waals surface area contributed by atoms with Gasteiger partial charge < -0.3 is 9.63 Å². The number of aromatic carboxylic acids is 1. The van der Waals surface area contributed by atoms with E-state index in [4.69, 9.17) is 9.63 Å². The van der Waals surface area contributed by atoms with E-state index in [1.807, 2.05) is 0 Å². The Morgan fingerprint density at radius 3 is 2.31 bits per heavy atom. The molecule has 0 atom stereocenters. The third-order valence-corrected chi connectivity index (χ3v) is 2.27. The minimum absolute atomic E-state index is 0.229. The van der Waals surface area contributed by atoms with Crippen molar-refractivity contribution in [3.8, 4) is 11.3 Å². The highest BCUT2D eigenvalue weighted by Crippen LogP contribution is 2.13. The summed E-state index contributed by atoms with van der Waals surface area (Å²) in [6, 6.07) is 6.34. The molecule has 4 heteroatoms.